The van der Waals surface area contributed by atoms with Gasteiger partial charge in [0.2, 0.25) is 5.91 Å². The molecule has 1 unspecified atom stereocenters. The second-order valence-electron chi connectivity index (χ2n) is 5.84. The second-order valence-corrected chi connectivity index (χ2v) is 5.84. The van der Waals surface area contributed by atoms with Crippen LogP contribution in [0.5, 0.6) is 5.75 Å². The van der Waals surface area contributed by atoms with Gasteiger partial charge < -0.3 is 14.7 Å². The summed E-state index contributed by atoms with van der Waals surface area (Å²) in [5, 5.41) is 9.15. The van der Waals surface area contributed by atoms with Crippen molar-refractivity contribution >= 4 is 11.9 Å². The first-order chi connectivity index (χ1) is 10.4. The van der Waals surface area contributed by atoms with Gasteiger partial charge in [0, 0.05) is 25.6 Å². The topological polar surface area (TPSA) is 66.8 Å². The molecule has 0 bridgehead atoms. The van der Waals surface area contributed by atoms with Crippen LogP contribution in [-0.2, 0) is 9.59 Å². The van der Waals surface area contributed by atoms with Crippen molar-refractivity contribution in [3.8, 4) is 5.75 Å². The number of halogens is 1. The van der Waals surface area contributed by atoms with Gasteiger partial charge in [-0.1, -0.05) is 6.07 Å². The van der Waals surface area contributed by atoms with Crippen LogP contribution in [0.25, 0.3) is 0 Å². The van der Waals surface area contributed by atoms with Gasteiger partial charge in [0.1, 0.15) is 11.6 Å². The molecule has 1 aliphatic rings. The van der Waals surface area contributed by atoms with Crippen molar-refractivity contribution in [3.63, 3.8) is 0 Å². The van der Waals surface area contributed by atoms with Crippen molar-refractivity contribution in [1.29, 1.82) is 0 Å². The van der Waals surface area contributed by atoms with E-state index in [1.54, 1.807) is 24.0 Å². The lowest BCUT2D eigenvalue weighted by atomic mass is 9.90. The molecule has 1 aromatic carbocycles. The quantitative estimate of drug-likeness (QED) is 0.819. The second kappa shape index (κ2) is 6.77. The molecular weight excluding hydrogens is 289 g/mol. The van der Waals surface area contributed by atoms with Crippen LogP contribution >= 0.6 is 0 Å². The van der Waals surface area contributed by atoms with Gasteiger partial charge in [0.15, 0.2) is 0 Å². The number of likely N-dealkylation sites (tertiary alicyclic amines) is 1. The van der Waals surface area contributed by atoms with Crippen molar-refractivity contribution in [2.45, 2.75) is 26.2 Å². The van der Waals surface area contributed by atoms with Crippen LogP contribution in [0.2, 0.25) is 0 Å². The average molecular weight is 309 g/mol. The fraction of sp³-hybridized carbons (Fsp3) is 0.500. The van der Waals surface area contributed by atoms with Crippen LogP contribution in [0, 0.1) is 11.2 Å². The van der Waals surface area contributed by atoms with Gasteiger partial charge in [-0.3, -0.25) is 9.59 Å². The lowest BCUT2D eigenvalue weighted by Gasteiger charge is -2.20. The van der Waals surface area contributed by atoms with Gasteiger partial charge in [-0.05, 0) is 31.9 Å². The van der Waals surface area contributed by atoms with Crippen LogP contribution in [-0.4, -0.2) is 41.6 Å². The Balaban J connectivity index is 1.71. The molecule has 1 aromatic rings. The molecule has 22 heavy (non-hydrogen) atoms. The van der Waals surface area contributed by atoms with Gasteiger partial charge in [-0.2, -0.15) is 0 Å². The zero-order valence-electron chi connectivity index (χ0n) is 12.5. The van der Waals surface area contributed by atoms with Crippen molar-refractivity contribution in [3.05, 3.63) is 30.1 Å². The molecule has 1 aliphatic heterocycles. The van der Waals surface area contributed by atoms with Crippen LogP contribution in [0.4, 0.5) is 4.39 Å². The molecule has 0 aromatic heterocycles. The zero-order chi connectivity index (χ0) is 16.2. The Morgan fingerprint density at radius 3 is 2.86 bits per heavy atom. The molecule has 0 aliphatic carbocycles. The number of carbonyl (C=O) groups is 2. The third-order valence-electron chi connectivity index (χ3n) is 3.94. The van der Waals surface area contributed by atoms with E-state index in [4.69, 9.17) is 9.84 Å². The molecule has 1 N–H and O–H groups in total. The van der Waals surface area contributed by atoms with E-state index in [0.717, 1.165) is 0 Å². The highest BCUT2D eigenvalue weighted by atomic mass is 19.1. The molecule has 1 atom stereocenters. The molecule has 5 nitrogen and oxygen atoms in total. The Hall–Kier alpha value is -2.11. The summed E-state index contributed by atoms with van der Waals surface area (Å²) in [7, 11) is 0. The Morgan fingerprint density at radius 2 is 2.23 bits per heavy atom. The minimum atomic E-state index is -0.864. The average Bonchev–Trinajstić information content (AvgIpc) is 2.88. The van der Waals surface area contributed by atoms with Crippen molar-refractivity contribution in [2.75, 3.05) is 19.7 Å². The maximum Gasteiger partial charge on any atom is 0.311 e. The Labute approximate surface area is 128 Å². The summed E-state index contributed by atoms with van der Waals surface area (Å²) in [5.41, 5.74) is -0.840. The highest BCUT2D eigenvalue weighted by Gasteiger charge is 2.41. The minimum Gasteiger partial charge on any atom is -0.493 e. The maximum absolute atomic E-state index is 13.0. The SMILES string of the molecule is CC1(C(=O)O)CCN(C(=O)CCCOc2cccc(F)c2)C1. The number of carbonyl (C=O) groups excluding carboxylic acids is 1. The normalized spacial score (nSPS) is 20.9. The van der Waals surface area contributed by atoms with Crippen molar-refractivity contribution in [2.24, 2.45) is 5.41 Å². The minimum absolute atomic E-state index is 0.0622. The van der Waals surface area contributed by atoms with E-state index in [1.165, 1.54) is 12.1 Å². The number of aliphatic carboxylic acids is 1. The fourth-order valence-corrected chi connectivity index (χ4v) is 2.48. The van der Waals surface area contributed by atoms with E-state index in [-0.39, 0.29) is 18.3 Å². The third kappa shape index (κ3) is 3.96. The summed E-state index contributed by atoms with van der Waals surface area (Å²) in [6, 6.07) is 5.85. The maximum atomic E-state index is 13.0. The van der Waals surface area contributed by atoms with E-state index in [1.807, 2.05) is 0 Å². The molecule has 0 spiro atoms. The van der Waals surface area contributed by atoms with E-state index < -0.39 is 11.4 Å². The Bertz CT molecular complexity index is 563. The van der Waals surface area contributed by atoms with Crippen LogP contribution in [0.15, 0.2) is 24.3 Å². The monoisotopic (exact) mass is 309 g/mol. The lowest BCUT2D eigenvalue weighted by Crippen LogP contribution is -2.34. The third-order valence-corrected chi connectivity index (χ3v) is 3.94. The van der Waals surface area contributed by atoms with E-state index >= 15 is 0 Å². The van der Waals surface area contributed by atoms with Crippen LogP contribution in [0.1, 0.15) is 26.2 Å². The highest BCUT2D eigenvalue weighted by Crippen LogP contribution is 2.30. The number of ether oxygens (including phenoxy) is 1. The van der Waals surface area contributed by atoms with Crippen molar-refractivity contribution < 1.29 is 23.8 Å². The summed E-state index contributed by atoms with van der Waals surface area (Å²) in [4.78, 5) is 24.8. The van der Waals surface area contributed by atoms with Gasteiger partial charge in [0.05, 0.1) is 12.0 Å². The number of carboxylic acid groups (broad SMARTS) is 1. The summed E-state index contributed by atoms with van der Waals surface area (Å²) in [6.45, 7) is 2.72. The highest BCUT2D eigenvalue weighted by molar-refractivity contribution is 5.80. The van der Waals surface area contributed by atoms with Gasteiger partial charge >= 0.3 is 5.97 Å². The number of hydrogen-bond acceptors (Lipinski definition) is 3. The molecule has 6 heteroatoms. The van der Waals surface area contributed by atoms with Gasteiger partial charge in [-0.15, -0.1) is 0 Å². The van der Waals surface area contributed by atoms with E-state index in [0.29, 0.717) is 38.2 Å². The molecule has 0 saturated carbocycles. The van der Waals surface area contributed by atoms with Crippen LogP contribution < -0.4 is 4.74 Å². The summed E-state index contributed by atoms with van der Waals surface area (Å²) in [5.74, 6) is -0.851. The number of hydrogen-bond donors (Lipinski definition) is 1. The predicted octanol–water partition coefficient (Wildman–Crippen LogP) is 2.31. The van der Waals surface area contributed by atoms with E-state index in [9.17, 15) is 14.0 Å². The zero-order valence-corrected chi connectivity index (χ0v) is 12.5. The lowest BCUT2D eigenvalue weighted by molar-refractivity contribution is -0.147. The first-order valence-corrected chi connectivity index (χ1v) is 7.30. The molecule has 1 saturated heterocycles. The Morgan fingerprint density at radius 1 is 1.45 bits per heavy atom. The molecule has 120 valence electrons. The standard InChI is InChI=1S/C16H20FNO4/c1-16(15(20)21)7-8-18(11-16)14(19)6-3-9-22-13-5-2-4-12(17)10-13/h2,4-5,10H,3,6-9,11H2,1H3,(H,20,21). The van der Waals surface area contributed by atoms with Crippen LogP contribution in [0.3, 0.4) is 0 Å². The molecule has 1 fully saturated rings. The van der Waals surface area contributed by atoms with Gasteiger partial charge in [-0.25, -0.2) is 4.39 Å². The van der Waals surface area contributed by atoms with E-state index in [2.05, 4.69) is 0 Å². The molecule has 1 amide bonds. The summed E-state index contributed by atoms with van der Waals surface area (Å²) >= 11 is 0. The summed E-state index contributed by atoms with van der Waals surface area (Å²) < 4.78 is 18.3. The number of carboxylic acids is 1. The van der Waals surface area contributed by atoms with Crippen molar-refractivity contribution in [1.82, 2.24) is 4.90 Å². The number of nitrogens with zero attached hydrogens (tertiary/aromatic N) is 1. The number of rotatable bonds is 6. The molecule has 1 heterocycles. The molecule has 0 radical (unpaired) electrons. The van der Waals surface area contributed by atoms with Gasteiger partial charge in [0.25, 0.3) is 0 Å². The first-order valence-electron chi connectivity index (χ1n) is 7.30. The largest absolute Gasteiger partial charge is 0.493 e. The number of amides is 1. The number of benzene rings is 1. The smallest absolute Gasteiger partial charge is 0.311 e. The summed E-state index contributed by atoms with van der Waals surface area (Å²) in [6.07, 6.45) is 1.29. The fourth-order valence-electron chi connectivity index (χ4n) is 2.48. The molecule has 2 rings (SSSR count). The predicted molar refractivity (Wildman–Crippen MR) is 78.1 cm³/mol. The Kier molecular flexibility index (Phi) is 5.00. The molecular formula is C16H20FNO4. The first kappa shape index (κ1) is 16.3.